The summed E-state index contributed by atoms with van der Waals surface area (Å²) in [5.41, 5.74) is 1.45. The lowest BCUT2D eigenvalue weighted by Gasteiger charge is -2.48. The van der Waals surface area contributed by atoms with Crippen molar-refractivity contribution in [2.45, 2.75) is 75.6 Å². The molecule has 2 fully saturated rings. The number of β-lactam (4-membered cyclic amide) rings is 1. The van der Waals surface area contributed by atoms with Crippen LogP contribution in [0.3, 0.4) is 0 Å². The lowest BCUT2D eigenvalue weighted by molar-refractivity contribution is -0.384. The number of allylic oxidation sites excluding steroid dienone is 1. The highest BCUT2D eigenvalue weighted by Gasteiger charge is 2.58. The van der Waals surface area contributed by atoms with Gasteiger partial charge in [0, 0.05) is 52.1 Å². The fourth-order valence-electron chi connectivity index (χ4n) is 4.14. The number of ether oxygens (including phenoxy) is 1. The number of fused-ring (bicyclic) bond motifs is 1. The Hall–Kier alpha value is -1.09. The van der Waals surface area contributed by atoms with Crippen LogP contribution in [0.5, 0.6) is 0 Å². The third kappa shape index (κ3) is 6.07. The van der Waals surface area contributed by atoms with Crippen LogP contribution >= 0.6 is 48.1 Å². The molecule has 3 aliphatic rings. The molecule has 3 aliphatic heterocycles. The van der Waals surface area contributed by atoms with Gasteiger partial charge in [-0.1, -0.05) is 20.8 Å². The van der Waals surface area contributed by atoms with Crippen LogP contribution in [0.1, 0.15) is 39.7 Å². The molecular formula is C24H32N2O6S4Si. The predicted molar refractivity (Wildman–Crippen MR) is 157 cm³/mol. The molecule has 0 saturated carbocycles. The van der Waals surface area contributed by atoms with Gasteiger partial charge in [-0.2, -0.15) is 0 Å². The van der Waals surface area contributed by atoms with Gasteiger partial charge in [-0.05, 0) is 61.4 Å². The molecule has 0 N–H and O–H groups in total. The van der Waals surface area contributed by atoms with Crippen molar-refractivity contribution in [3.63, 3.8) is 0 Å². The minimum atomic E-state index is -2.04. The number of benzene rings is 1. The Balaban J connectivity index is 1.49. The molecule has 0 aromatic heterocycles. The second-order valence-corrected chi connectivity index (χ2v) is 19.2. The van der Waals surface area contributed by atoms with Crippen LogP contribution in [0, 0.1) is 16.0 Å². The highest BCUT2D eigenvalue weighted by molar-refractivity contribution is 8.11. The minimum Gasteiger partial charge on any atom is -0.477 e. The van der Waals surface area contributed by atoms with Gasteiger partial charge >= 0.3 is 0 Å². The smallest absolute Gasteiger partial charge is 0.269 e. The molecule has 2 saturated heterocycles. The average Bonchev–Trinajstić information content (AvgIpc) is 3.43. The summed E-state index contributed by atoms with van der Waals surface area (Å²) in [5.74, 6) is 0.636. The first kappa shape index (κ1) is 28.9. The molecule has 37 heavy (non-hydrogen) atoms. The number of nitrogens with zero attached hydrogens (tertiary/aromatic N) is 2. The summed E-state index contributed by atoms with van der Waals surface area (Å²) in [4.78, 5) is 26.8. The third-order valence-electron chi connectivity index (χ3n) is 7.25. The molecular weight excluding hydrogens is 569 g/mol. The van der Waals surface area contributed by atoms with Crippen LogP contribution in [-0.2, 0) is 24.2 Å². The monoisotopic (exact) mass is 600 g/mol. The number of non-ortho nitro benzene ring substituents is 1. The van der Waals surface area contributed by atoms with Crippen molar-refractivity contribution in [3.8, 4) is 0 Å². The summed E-state index contributed by atoms with van der Waals surface area (Å²) >= 11 is 10.3. The molecule has 0 aliphatic carbocycles. The summed E-state index contributed by atoms with van der Waals surface area (Å²) in [6, 6.07) is 6.18. The normalized spacial score (nSPS) is 24.6. The van der Waals surface area contributed by atoms with E-state index in [2.05, 4.69) is 33.9 Å². The quantitative estimate of drug-likeness (QED) is 0.0763. The Bertz CT molecular complexity index is 1100. The molecule has 1 aromatic carbocycles. The van der Waals surface area contributed by atoms with Gasteiger partial charge < -0.3 is 9.16 Å². The van der Waals surface area contributed by atoms with Gasteiger partial charge in [0.05, 0.1) is 16.9 Å². The summed E-state index contributed by atoms with van der Waals surface area (Å²) in [6.45, 7) is 13.2. The molecule has 0 radical (unpaired) electrons. The number of carbonyl (C=O) groups excluding carboxylic acids is 1. The highest BCUT2D eigenvalue weighted by atomic mass is 32.2. The van der Waals surface area contributed by atoms with Crippen molar-refractivity contribution in [1.29, 1.82) is 0 Å². The molecule has 1 unspecified atom stereocenters. The zero-order valence-corrected chi connectivity index (χ0v) is 26.0. The number of hydrogen-bond acceptors (Lipinski definition) is 10. The summed E-state index contributed by atoms with van der Waals surface area (Å²) < 4.78 is 18.0. The number of thiocarbonyl (C=S) groups is 1. The number of hydrogen-bond donors (Lipinski definition) is 0. The van der Waals surface area contributed by atoms with E-state index < -0.39 is 13.2 Å². The zero-order valence-electron chi connectivity index (χ0n) is 21.7. The number of nitro groups is 1. The molecule has 1 amide bonds. The summed E-state index contributed by atoms with van der Waals surface area (Å²) in [6.07, 6.45) is 0.542. The van der Waals surface area contributed by atoms with E-state index in [4.69, 9.17) is 25.0 Å². The van der Waals surface area contributed by atoms with Gasteiger partial charge in [0.15, 0.2) is 8.32 Å². The molecule has 0 bridgehead atoms. The van der Waals surface area contributed by atoms with E-state index in [0.29, 0.717) is 5.70 Å². The fraction of sp³-hybridized carbons (Fsp3) is 0.583. The van der Waals surface area contributed by atoms with Crippen LogP contribution < -0.4 is 0 Å². The molecule has 4 atom stereocenters. The summed E-state index contributed by atoms with van der Waals surface area (Å²) in [5, 5.41) is 11.4. The Morgan fingerprint density at radius 1 is 1.32 bits per heavy atom. The Labute approximate surface area is 237 Å². The van der Waals surface area contributed by atoms with Crippen molar-refractivity contribution in [2.24, 2.45) is 5.92 Å². The van der Waals surface area contributed by atoms with Crippen molar-refractivity contribution in [2.75, 3.05) is 5.75 Å². The SMILES string of the molecule is C[C@@H](O[Si](C)(C)C(C)(C)C)[C@H]1C(=O)N2C(C(=S)OCc3ccc([N+](=O)[O-])cc3)=C(CC3CSOS3)S[C@H]12. The highest BCUT2D eigenvalue weighted by Crippen LogP contribution is 2.54. The first-order chi connectivity index (χ1) is 17.3. The number of carbonyl (C=O) groups is 1. The predicted octanol–water partition coefficient (Wildman–Crippen LogP) is 6.68. The van der Waals surface area contributed by atoms with Crippen LogP contribution in [0.4, 0.5) is 5.69 Å². The van der Waals surface area contributed by atoms with Crippen LogP contribution in [0.15, 0.2) is 34.9 Å². The lowest BCUT2D eigenvalue weighted by atomic mass is 9.92. The van der Waals surface area contributed by atoms with E-state index in [1.165, 1.54) is 36.2 Å². The number of rotatable bonds is 9. The molecule has 8 nitrogen and oxygen atoms in total. The number of nitro benzene ring substituents is 1. The van der Waals surface area contributed by atoms with Gasteiger partial charge in [0.1, 0.15) is 17.7 Å². The zero-order chi connectivity index (χ0) is 27.1. The molecule has 13 heteroatoms. The molecule has 1 aromatic rings. The summed E-state index contributed by atoms with van der Waals surface area (Å²) in [7, 11) is -2.04. The van der Waals surface area contributed by atoms with Crippen molar-refractivity contribution in [3.05, 3.63) is 50.5 Å². The Kier molecular flexibility index (Phi) is 8.74. The van der Waals surface area contributed by atoms with Crippen LogP contribution in [0.2, 0.25) is 18.1 Å². The Morgan fingerprint density at radius 3 is 2.57 bits per heavy atom. The van der Waals surface area contributed by atoms with E-state index in [1.807, 2.05) is 6.92 Å². The molecule has 4 rings (SSSR count). The largest absolute Gasteiger partial charge is 0.477 e. The van der Waals surface area contributed by atoms with Crippen molar-refractivity contribution >= 4 is 73.0 Å². The maximum Gasteiger partial charge on any atom is 0.269 e. The van der Waals surface area contributed by atoms with Gasteiger partial charge in [0.2, 0.25) is 11.0 Å². The van der Waals surface area contributed by atoms with Crippen molar-refractivity contribution in [1.82, 2.24) is 4.90 Å². The third-order valence-corrected chi connectivity index (χ3v) is 15.6. The van der Waals surface area contributed by atoms with Gasteiger partial charge in [-0.15, -0.1) is 11.8 Å². The van der Waals surface area contributed by atoms with E-state index in [0.717, 1.165) is 22.6 Å². The maximum absolute atomic E-state index is 13.5. The van der Waals surface area contributed by atoms with E-state index in [9.17, 15) is 14.9 Å². The average molecular weight is 601 g/mol. The van der Waals surface area contributed by atoms with Crippen molar-refractivity contribution < 1.29 is 22.5 Å². The second-order valence-electron chi connectivity index (χ2n) is 10.9. The fourth-order valence-corrected chi connectivity index (χ4v) is 9.49. The standard InChI is InChI=1S/C24H32N2O6S4Si/c1-14(31-37(5,6)24(2,3)4)19-21(27)25-20(18(35-22(19)25)11-17-13-34-32-36-17)23(33)30-12-15-7-9-16(10-8-15)26(28)29/h7-10,14,17,19,22H,11-13H2,1-6H3/t14-,17?,19+,22-/m1/s1. The number of thioether (sulfide) groups is 1. The first-order valence-corrected chi connectivity index (χ1v) is 18.0. The lowest BCUT2D eigenvalue weighted by Crippen LogP contribution is -2.62. The molecule has 3 heterocycles. The van der Waals surface area contributed by atoms with E-state index >= 15 is 0 Å². The van der Waals surface area contributed by atoms with Gasteiger partial charge in [0.25, 0.3) is 5.69 Å². The first-order valence-electron chi connectivity index (χ1n) is 12.1. The van der Waals surface area contributed by atoms with E-state index in [-0.39, 0.29) is 50.9 Å². The van der Waals surface area contributed by atoms with Crippen LogP contribution in [-0.4, -0.2) is 51.6 Å². The number of amides is 1. The van der Waals surface area contributed by atoms with Crippen LogP contribution in [0.25, 0.3) is 0 Å². The van der Waals surface area contributed by atoms with Gasteiger partial charge in [-0.25, -0.2) is 3.63 Å². The molecule has 202 valence electrons. The topological polar surface area (TPSA) is 91.1 Å². The molecule has 0 spiro atoms. The minimum absolute atomic E-state index is 0.0136. The second kappa shape index (κ2) is 11.2. The van der Waals surface area contributed by atoms with Gasteiger partial charge in [-0.3, -0.25) is 19.8 Å². The Morgan fingerprint density at radius 2 is 2.00 bits per heavy atom. The van der Waals surface area contributed by atoms with E-state index in [1.54, 1.807) is 28.8 Å². The maximum atomic E-state index is 13.5.